The van der Waals surface area contributed by atoms with E-state index in [9.17, 15) is 9.59 Å². The number of nitrogens with zero attached hydrogens (tertiary/aromatic N) is 1. The zero-order valence-electron chi connectivity index (χ0n) is 11.9. The molecule has 1 saturated heterocycles. The maximum Gasteiger partial charge on any atom is 0.329 e. The number of benzene rings is 1. The summed E-state index contributed by atoms with van der Waals surface area (Å²) in [6.07, 6.45) is 2.45. The molecule has 1 aliphatic carbocycles. The van der Waals surface area contributed by atoms with Crippen molar-refractivity contribution in [3.8, 4) is 0 Å². The molecule has 1 aromatic carbocycles. The van der Waals surface area contributed by atoms with Crippen LogP contribution in [-0.2, 0) is 14.3 Å². The lowest BCUT2D eigenvalue weighted by atomic mass is 10.1. The number of esters is 1. The average Bonchev–Trinajstić information content (AvgIpc) is 3.14. The molecule has 1 unspecified atom stereocenters. The van der Waals surface area contributed by atoms with E-state index in [1.165, 1.54) is 0 Å². The summed E-state index contributed by atoms with van der Waals surface area (Å²) >= 11 is 0. The predicted octanol–water partition coefficient (Wildman–Crippen LogP) is 2.36. The summed E-state index contributed by atoms with van der Waals surface area (Å²) < 4.78 is 5.05. The van der Waals surface area contributed by atoms with Crippen LogP contribution in [0.5, 0.6) is 0 Å². The third-order valence-electron chi connectivity index (χ3n) is 3.87. The van der Waals surface area contributed by atoms with Crippen molar-refractivity contribution < 1.29 is 14.3 Å². The molecule has 1 amide bonds. The van der Waals surface area contributed by atoms with Crippen molar-refractivity contribution >= 4 is 17.6 Å². The van der Waals surface area contributed by atoms with Gasteiger partial charge in [0, 0.05) is 18.0 Å². The highest BCUT2D eigenvalue weighted by Crippen LogP contribution is 2.35. The molecule has 0 spiro atoms. The van der Waals surface area contributed by atoms with E-state index in [2.05, 4.69) is 6.07 Å². The molecular formula is C16H19NO3. The van der Waals surface area contributed by atoms with Crippen LogP contribution < -0.4 is 4.90 Å². The number of aryl methyl sites for hydroxylation is 2. The standard InChI is InChI=1S/C16H19NO3/c1-10-7-11(2)9-13(8-10)17(15(18)12-3-4-12)14-5-6-20-16(14)19/h7-9,12,14H,3-6H2,1-2H3. The van der Waals surface area contributed by atoms with Crippen LogP contribution in [0.1, 0.15) is 30.4 Å². The van der Waals surface area contributed by atoms with Gasteiger partial charge in [0.2, 0.25) is 5.91 Å². The number of anilines is 1. The third-order valence-corrected chi connectivity index (χ3v) is 3.87. The van der Waals surface area contributed by atoms with Crippen LogP contribution in [0.25, 0.3) is 0 Å². The zero-order chi connectivity index (χ0) is 14.3. The number of rotatable bonds is 3. The minimum atomic E-state index is -0.454. The number of amides is 1. The first-order chi connectivity index (χ1) is 9.56. The molecule has 0 aromatic heterocycles. The van der Waals surface area contributed by atoms with Crippen molar-refractivity contribution in [3.63, 3.8) is 0 Å². The fourth-order valence-electron chi connectivity index (χ4n) is 2.80. The summed E-state index contributed by atoms with van der Waals surface area (Å²) in [5.41, 5.74) is 3.02. The molecule has 20 heavy (non-hydrogen) atoms. The predicted molar refractivity (Wildman–Crippen MR) is 75.5 cm³/mol. The third kappa shape index (κ3) is 2.42. The first-order valence-electron chi connectivity index (χ1n) is 7.14. The zero-order valence-corrected chi connectivity index (χ0v) is 11.9. The van der Waals surface area contributed by atoms with E-state index in [4.69, 9.17) is 4.74 Å². The molecule has 0 N–H and O–H groups in total. The van der Waals surface area contributed by atoms with Gasteiger partial charge in [-0.25, -0.2) is 4.79 Å². The molecule has 2 aliphatic rings. The lowest BCUT2D eigenvalue weighted by molar-refractivity contribution is -0.140. The lowest BCUT2D eigenvalue weighted by Crippen LogP contribution is -2.44. The van der Waals surface area contributed by atoms with Gasteiger partial charge >= 0.3 is 5.97 Å². The van der Waals surface area contributed by atoms with Gasteiger partial charge in [-0.15, -0.1) is 0 Å². The van der Waals surface area contributed by atoms with Crippen LogP contribution in [0, 0.1) is 19.8 Å². The molecule has 4 heteroatoms. The van der Waals surface area contributed by atoms with Crippen molar-refractivity contribution in [2.45, 2.75) is 39.2 Å². The normalized spacial score (nSPS) is 21.7. The Morgan fingerprint density at radius 2 is 1.80 bits per heavy atom. The van der Waals surface area contributed by atoms with Gasteiger partial charge in [0.15, 0.2) is 0 Å². The van der Waals surface area contributed by atoms with Gasteiger partial charge in [-0.3, -0.25) is 9.69 Å². The first kappa shape index (κ1) is 13.2. The summed E-state index contributed by atoms with van der Waals surface area (Å²) in [5, 5.41) is 0. The van der Waals surface area contributed by atoms with Crippen molar-refractivity contribution in [1.29, 1.82) is 0 Å². The topological polar surface area (TPSA) is 46.6 Å². The van der Waals surface area contributed by atoms with E-state index in [1.807, 2.05) is 26.0 Å². The van der Waals surface area contributed by atoms with E-state index < -0.39 is 6.04 Å². The molecule has 2 fully saturated rings. The Kier molecular flexibility index (Phi) is 3.24. The van der Waals surface area contributed by atoms with Gasteiger partial charge in [0.25, 0.3) is 0 Å². The Labute approximate surface area is 118 Å². The van der Waals surface area contributed by atoms with Crippen molar-refractivity contribution in [2.75, 3.05) is 11.5 Å². The molecule has 1 atom stereocenters. The quantitative estimate of drug-likeness (QED) is 0.794. The maximum absolute atomic E-state index is 12.6. The highest BCUT2D eigenvalue weighted by molar-refractivity contribution is 6.02. The van der Waals surface area contributed by atoms with Crippen LogP contribution >= 0.6 is 0 Å². The number of carbonyl (C=O) groups is 2. The Morgan fingerprint density at radius 1 is 1.15 bits per heavy atom. The van der Waals surface area contributed by atoms with Crippen LogP contribution in [0.4, 0.5) is 5.69 Å². The van der Waals surface area contributed by atoms with E-state index in [1.54, 1.807) is 4.90 Å². The smallest absolute Gasteiger partial charge is 0.329 e. The van der Waals surface area contributed by atoms with Gasteiger partial charge in [-0.2, -0.15) is 0 Å². The van der Waals surface area contributed by atoms with Crippen molar-refractivity contribution in [2.24, 2.45) is 5.92 Å². The number of carbonyl (C=O) groups excluding carboxylic acids is 2. The minimum Gasteiger partial charge on any atom is -0.464 e. The van der Waals surface area contributed by atoms with Gasteiger partial charge in [-0.05, 0) is 49.9 Å². The molecular weight excluding hydrogens is 254 g/mol. The Bertz CT molecular complexity index is 543. The second kappa shape index (κ2) is 4.93. The van der Waals surface area contributed by atoms with Gasteiger partial charge in [-0.1, -0.05) is 6.07 Å². The summed E-state index contributed by atoms with van der Waals surface area (Å²) in [4.78, 5) is 26.1. The largest absolute Gasteiger partial charge is 0.464 e. The molecule has 4 nitrogen and oxygen atoms in total. The number of cyclic esters (lactones) is 1. The molecule has 1 heterocycles. The molecule has 1 aliphatic heterocycles. The van der Waals surface area contributed by atoms with E-state index in [-0.39, 0.29) is 17.8 Å². The Morgan fingerprint density at radius 3 is 2.30 bits per heavy atom. The highest BCUT2D eigenvalue weighted by Gasteiger charge is 2.42. The molecule has 1 saturated carbocycles. The highest BCUT2D eigenvalue weighted by atomic mass is 16.5. The second-order valence-electron chi connectivity index (χ2n) is 5.80. The van der Waals surface area contributed by atoms with Crippen LogP contribution in [0.3, 0.4) is 0 Å². The molecule has 0 radical (unpaired) electrons. The monoisotopic (exact) mass is 273 g/mol. The van der Waals surface area contributed by atoms with Crippen LogP contribution in [0.15, 0.2) is 18.2 Å². The number of ether oxygens (including phenoxy) is 1. The van der Waals surface area contributed by atoms with Gasteiger partial charge in [0.1, 0.15) is 6.04 Å². The fourth-order valence-corrected chi connectivity index (χ4v) is 2.80. The van der Waals surface area contributed by atoms with Crippen molar-refractivity contribution in [3.05, 3.63) is 29.3 Å². The minimum absolute atomic E-state index is 0.0684. The number of hydrogen-bond donors (Lipinski definition) is 0. The van der Waals surface area contributed by atoms with E-state index in [0.29, 0.717) is 13.0 Å². The summed E-state index contributed by atoms with van der Waals surface area (Å²) in [7, 11) is 0. The summed E-state index contributed by atoms with van der Waals surface area (Å²) in [5.74, 6) is -0.124. The van der Waals surface area contributed by atoms with E-state index >= 15 is 0 Å². The van der Waals surface area contributed by atoms with Gasteiger partial charge < -0.3 is 4.74 Å². The average molecular weight is 273 g/mol. The Balaban J connectivity index is 1.99. The maximum atomic E-state index is 12.6. The SMILES string of the molecule is Cc1cc(C)cc(N(C(=O)C2CC2)C2CCOC2=O)c1. The molecule has 0 bridgehead atoms. The van der Waals surface area contributed by atoms with Crippen LogP contribution in [-0.4, -0.2) is 24.5 Å². The fraction of sp³-hybridized carbons (Fsp3) is 0.500. The second-order valence-corrected chi connectivity index (χ2v) is 5.80. The Hall–Kier alpha value is -1.84. The summed E-state index contributed by atoms with van der Waals surface area (Å²) in [6, 6.07) is 5.55. The van der Waals surface area contributed by atoms with Gasteiger partial charge in [0.05, 0.1) is 6.61 Å². The summed E-state index contributed by atoms with van der Waals surface area (Å²) in [6.45, 7) is 4.41. The van der Waals surface area contributed by atoms with E-state index in [0.717, 1.165) is 29.7 Å². The molecule has 1 aromatic rings. The molecule has 3 rings (SSSR count). The number of hydrogen-bond acceptors (Lipinski definition) is 3. The molecule has 106 valence electrons. The van der Waals surface area contributed by atoms with Crippen LogP contribution in [0.2, 0.25) is 0 Å². The lowest BCUT2D eigenvalue weighted by Gasteiger charge is -2.27. The van der Waals surface area contributed by atoms with Crippen molar-refractivity contribution in [1.82, 2.24) is 0 Å². The first-order valence-corrected chi connectivity index (χ1v) is 7.14.